The maximum absolute atomic E-state index is 6.25. The van der Waals surface area contributed by atoms with Crippen LogP contribution in [0.2, 0.25) is 5.02 Å². The molecule has 1 atom stereocenters. The molecule has 0 radical (unpaired) electrons. The molecule has 0 aliphatic heterocycles. The Morgan fingerprint density at radius 1 is 1.24 bits per heavy atom. The first kappa shape index (κ1) is 16.3. The van der Waals surface area contributed by atoms with Crippen LogP contribution in [0.25, 0.3) is 0 Å². The van der Waals surface area contributed by atoms with Gasteiger partial charge in [0.15, 0.2) is 0 Å². The number of hydrogen-bond donors (Lipinski definition) is 1. The topological polar surface area (TPSA) is 21.3 Å². The first-order valence-electron chi connectivity index (χ1n) is 6.98. The summed E-state index contributed by atoms with van der Waals surface area (Å²) in [4.78, 5) is 0. The van der Waals surface area contributed by atoms with Crippen LogP contribution in [-0.4, -0.2) is 13.7 Å². The minimum Gasteiger partial charge on any atom is -0.496 e. The SMILES string of the molecule is CCCNC(c1ccc(Br)c(Cl)c1)c1ccccc1OC. The molecule has 0 amide bonds. The summed E-state index contributed by atoms with van der Waals surface area (Å²) in [6.07, 6.45) is 1.07. The maximum atomic E-state index is 6.25. The normalized spacial score (nSPS) is 12.2. The fraction of sp³-hybridized carbons (Fsp3) is 0.294. The van der Waals surface area contributed by atoms with Crippen LogP contribution in [0.4, 0.5) is 0 Å². The largest absolute Gasteiger partial charge is 0.496 e. The van der Waals surface area contributed by atoms with E-state index in [9.17, 15) is 0 Å². The highest BCUT2D eigenvalue weighted by Crippen LogP contribution is 2.33. The van der Waals surface area contributed by atoms with E-state index >= 15 is 0 Å². The molecule has 2 aromatic rings. The van der Waals surface area contributed by atoms with Crippen LogP contribution in [-0.2, 0) is 0 Å². The second-order valence-electron chi connectivity index (χ2n) is 4.80. The van der Waals surface area contributed by atoms with Crippen LogP contribution in [0.3, 0.4) is 0 Å². The molecule has 2 aromatic carbocycles. The van der Waals surface area contributed by atoms with E-state index in [1.807, 2.05) is 30.3 Å². The van der Waals surface area contributed by atoms with Gasteiger partial charge in [-0.3, -0.25) is 0 Å². The standard InChI is InChI=1S/C17H19BrClNO/c1-3-10-20-17(12-8-9-14(18)15(19)11-12)13-6-4-5-7-16(13)21-2/h4-9,11,17,20H,3,10H2,1-2H3. The molecule has 0 aliphatic rings. The molecule has 21 heavy (non-hydrogen) atoms. The van der Waals surface area contributed by atoms with E-state index in [1.165, 1.54) is 0 Å². The molecule has 0 bridgehead atoms. The van der Waals surface area contributed by atoms with Gasteiger partial charge < -0.3 is 10.1 Å². The minimum atomic E-state index is 0.0618. The third-order valence-corrected chi connectivity index (χ3v) is 4.56. The van der Waals surface area contributed by atoms with Crippen molar-refractivity contribution in [2.75, 3.05) is 13.7 Å². The lowest BCUT2D eigenvalue weighted by molar-refractivity contribution is 0.404. The molecule has 4 heteroatoms. The predicted octanol–water partition coefficient (Wildman–Crippen LogP) is 5.20. The Morgan fingerprint density at radius 2 is 2.00 bits per heavy atom. The van der Waals surface area contributed by atoms with Gasteiger partial charge in [-0.05, 0) is 52.7 Å². The van der Waals surface area contributed by atoms with Gasteiger partial charge in [0.2, 0.25) is 0 Å². The number of methoxy groups -OCH3 is 1. The maximum Gasteiger partial charge on any atom is 0.123 e. The van der Waals surface area contributed by atoms with Gasteiger partial charge >= 0.3 is 0 Å². The van der Waals surface area contributed by atoms with Crippen molar-refractivity contribution in [2.45, 2.75) is 19.4 Å². The van der Waals surface area contributed by atoms with Crippen molar-refractivity contribution in [3.63, 3.8) is 0 Å². The van der Waals surface area contributed by atoms with Crippen molar-refractivity contribution in [1.29, 1.82) is 0 Å². The van der Waals surface area contributed by atoms with Gasteiger partial charge in [0.1, 0.15) is 5.75 Å². The Hall–Kier alpha value is -1.03. The van der Waals surface area contributed by atoms with E-state index in [1.54, 1.807) is 7.11 Å². The molecule has 2 nitrogen and oxygen atoms in total. The monoisotopic (exact) mass is 367 g/mol. The van der Waals surface area contributed by atoms with Crippen LogP contribution in [0, 0.1) is 0 Å². The van der Waals surface area contributed by atoms with Crippen molar-refractivity contribution in [3.8, 4) is 5.75 Å². The van der Waals surface area contributed by atoms with Crippen molar-refractivity contribution < 1.29 is 4.74 Å². The molecule has 0 aromatic heterocycles. The zero-order chi connectivity index (χ0) is 15.2. The smallest absolute Gasteiger partial charge is 0.123 e. The summed E-state index contributed by atoms with van der Waals surface area (Å²) in [5.41, 5.74) is 2.24. The molecule has 0 fully saturated rings. The number of nitrogens with one attached hydrogen (secondary N) is 1. The van der Waals surface area contributed by atoms with Crippen molar-refractivity contribution in [3.05, 3.63) is 63.1 Å². The molecule has 0 spiro atoms. The van der Waals surface area contributed by atoms with Crippen LogP contribution < -0.4 is 10.1 Å². The molecular formula is C17H19BrClNO. The Morgan fingerprint density at radius 3 is 2.67 bits per heavy atom. The number of para-hydroxylation sites is 1. The van der Waals surface area contributed by atoms with E-state index in [0.29, 0.717) is 5.02 Å². The van der Waals surface area contributed by atoms with Crippen LogP contribution >= 0.6 is 27.5 Å². The summed E-state index contributed by atoms with van der Waals surface area (Å²) in [5.74, 6) is 0.880. The second kappa shape index (κ2) is 7.83. The van der Waals surface area contributed by atoms with Gasteiger partial charge in [0, 0.05) is 10.0 Å². The van der Waals surface area contributed by atoms with Gasteiger partial charge in [0.05, 0.1) is 18.2 Å². The zero-order valence-corrected chi connectivity index (χ0v) is 14.5. The average molecular weight is 369 g/mol. The first-order chi connectivity index (χ1) is 10.2. The highest BCUT2D eigenvalue weighted by molar-refractivity contribution is 9.10. The fourth-order valence-electron chi connectivity index (χ4n) is 2.29. The lowest BCUT2D eigenvalue weighted by Gasteiger charge is -2.22. The summed E-state index contributed by atoms with van der Waals surface area (Å²) in [6, 6.07) is 14.2. The lowest BCUT2D eigenvalue weighted by atomic mass is 9.97. The first-order valence-corrected chi connectivity index (χ1v) is 8.15. The fourth-order valence-corrected chi connectivity index (χ4v) is 2.73. The Kier molecular flexibility index (Phi) is 6.09. The molecule has 0 saturated heterocycles. The summed E-state index contributed by atoms with van der Waals surface area (Å²) in [6.45, 7) is 3.08. The number of hydrogen-bond acceptors (Lipinski definition) is 2. The molecule has 1 N–H and O–H groups in total. The molecule has 2 rings (SSSR count). The quantitative estimate of drug-likeness (QED) is 0.756. The lowest BCUT2D eigenvalue weighted by Crippen LogP contribution is -2.23. The molecule has 0 saturated carbocycles. The van der Waals surface area contributed by atoms with Gasteiger partial charge in [-0.1, -0.05) is 42.8 Å². The number of halogens is 2. The van der Waals surface area contributed by atoms with E-state index in [0.717, 1.165) is 34.3 Å². The molecular weight excluding hydrogens is 350 g/mol. The van der Waals surface area contributed by atoms with Crippen molar-refractivity contribution >= 4 is 27.5 Å². The molecule has 0 aliphatic carbocycles. The Balaban J connectivity index is 2.44. The number of rotatable bonds is 6. The number of benzene rings is 2. The van der Waals surface area contributed by atoms with Crippen LogP contribution in [0.1, 0.15) is 30.5 Å². The molecule has 1 unspecified atom stereocenters. The summed E-state index contributed by atoms with van der Waals surface area (Å²) in [5, 5.41) is 4.28. The van der Waals surface area contributed by atoms with E-state index in [2.05, 4.69) is 40.3 Å². The summed E-state index contributed by atoms with van der Waals surface area (Å²) in [7, 11) is 1.70. The zero-order valence-electron chi connectivity index (χ0n) is 12.2. The Labute approximate surface area is 139 Å². The third kappa shape index (κ3) is 4.00. The molecule has 112 valence electrons. The van der Waals surface area contributed by atoms with E-state index in [-0.39, 0.29) is 6.04 Å². The highest BCUT2D eigenvalue weighted by atomic mass is 79.9. The van der Waals surface area contributed by atoms with E-state index < -0.39 is 0 Å². The van der Waals surface area contributed by atoms with E-state index in [4.69, 9.17) is 16.3 Å². The van der Waals surface area contributed by atoms with Crippen molar-refractivity contribution in [2.24, 2.45) is 0 Å². The summed E-state index contributed by atoms with van der Waals surface area (Å²) >= 11 is 9.69. The minimum absolute atomic E-state index is 0.0618. The molecule has 0 heterocycles. The summed E-state index contributed by atoms with van der Waals surface area (Å²) < 4.78 is 6.40. The van der Waals surface area contributed by atoms with Crippen LogP contribution in [0.5, 0.6) is 5.75 Å². The predicted molar refractivity (Wildman–Crippen MR) is 92.3 cm³/mol. The van der Waals surface area contributed by atoms with Gasteiger partial charge in [-0.2, -0.15) is 0 Å². The Bertz CT molecular complexity index is 603. The van der Waals surface area contributed by atoms with Crippen LogP contribution in [0.15, 0.2) is 46.9 Å². The number of ether oxygens (including phenoxy) is 1. The third-order valence-electron chi connectivity index (χ3n) is 3.33. The average Bonchev–Trinajstić information content (AvgIpc) is 2.51. The van der Waals surface area contributed by atoms with Gasteiger partial charge in [-0.15, -0.1) is 0 Å². The van der Waals surface area contributed by atoms with Gasteiger partial charge in [0.25, 0.3) is 0 Å². The van der Waals surface area contributed by atoms with Crippen molar-refractivity contribution in [1.82, 2.24) is 5.32 Å². The highest BCUT2D eigenvalue weighted by Gasteiger charge is 2.18. The van der Waals surface area contributed by atoms with Gasteiger partial charge in [-0.25, -0.2) is 0 Å². The second-order valence-corrected chi connectivity index (χ2v) is 6.06.